The lowest BCUT2D eigenvalue weighted by Gasteiger charge is -2.14. The van der Waals surface area contributed by atoms with Gasteiger partial charge in [-0.05, 0) is 31.4 Å². The predicted octanol–water partition coefficient (Wildman–Crippen LogP) is 3.33. The van der Waals surface area contributed by atoms with Gasteiger partial charge in [0.1, 0.15) is 5.82 Å². The molecule has 106 valence electrons. The molecule has 0 aliphatic rings. The van der Waals surface area contributed by atoms with E-state index in [0.717, 1.165) is 6.07 Å². The second-order valence-electron chi connectivity index (χ2n) is 4.02. The van der Waals surface area contributed by atoms with E-state index in [1.807, 2.05) is 6.26 Å². The van der Waals surface area contributed by atoms with Crippen LogP contribution in [0.1, 0.15) is 22.8 Å². The molecule has 1 unspecified atom stereocenters. The van der Waals surface area contributed by atoms with Crippen molar-refractivity contribution in [2.24, 2.45) is 0 Å². The highest BCUT2D eigenvalue weighted by molar-refractivity contribution is 7.98. The summed E-state index contributed by atoms with van der Waals surface area (Å²) >= 11 is 1.50. The normalized spacial score (nSPS) is 13.2. The van der Waals surface area contributed by atoms with Crippen molar-refractivity contribution in [3.05, 3.63) is 35.1 Å². The van der Waals surface area contributed by atoms with E-state index >= 15 is 0 Å². The van der Waals surface area contributed by atoms with E-state index in [0.29, 0.717) is 17.9 Å². The van der Waals surface area contributed by atoms with Gasteiger partial charge in [-0.25, -0.2) is 4.39 Å². The van der Waals surface area contributed by atoms with Gasteiger partial charge in [-0.1, -0.05) is 0 Å². The Morgan fingerprint density at radius 3 is 2.58 bits per heavy atom. The maximum atomic E-state index is 13.1. The van der Waals surface area contributed by atoms with Crippen LogP contribution in [0.5, 0.6) is 0 Å². The smallest absolute Gasteiger partial charge is 0.349 e. The third-order valence-corrected chi connectivity index (χ3v) is 3.16. The Morgan fingerprint density at radius 1 is 1.42 bits per heavy atom. The molecule has 1 aromatic carbocycles. The number of thioether (sulfide) groups is 1. The zero-order chi connectivity index (χ0) is 14.6. The average Bonchev–Trinajstić information content (AvgIpc) is 2.27. The van der Waals surface area contributed by atoms with E-state index in [-0.39, 0.29) is 11.6 Å². The van der Waals surface area contributed by atoms with E-state index in [2.05, 4.69) is 5.32 Å². The van der Waals surface area contributed by atoms with Crippen molar-refractivity contribution in [1.29, 1.82) is 0 Å². The molecule has 0 saturated heterocycles. The van der Waals surface area contributed by atoms with E-state index in [1.54, 1.807) is 6.92 Å². The summed E-state index contributed by atoms with van der Waals surface area (Å²) in [5.41, 5.74) is -1.64. The van der Waals surface area contributed by atoms with Crippen LogP contribution in [-0.4, -0.2) is 24.0 Å². The van der Waals surface area contributed by atoms with E-state index in [9.17, 15) is 22.4 Å². The van der Waals surface area contributed by atoms with Crippen molar-refractivity contribution in [2.45, 2.75) is 19.1 Å². The molecule has 0 bridgehead atoms. The Kier molecular flexibility index (Phi) is 5.22. The molecule has 0 aliphatic heterocycles. The Labute approximate surface area is 112 Å². The van der Waals surface area contributed by atoms with Crippen LogP contribution in [-0.2, 0) is 6.18 Å². The first-order valence-corrected chi connectivity index (χ1v) is 6.81. The molecule has 0 spiro atoms. The Balaban J connectivity index is 2.93. The molecular weight excluding hydrogens is 282 g/mol. The summed E-state index contributed by atoms with van der Waals surface area (Å²) in [4.78, 5) is 11.7. The lowest BCUT2D eigenvalue weighted by molar-refractivity contribution is -0.140. The van der Waals surface area contributed by atoms with Gasteiger partial charge in [0.15, 0.2) is 0 Å². The molecule has 1 amide bonds. The monoisotopic (exact) mass is 295 g/mol. The second kappa shape index (κ2) is 6.27. The summed E-state index contributed by atoms with van der Waals surface area (Å²) in [6, 6.07) is 2.03. The Hall–Kier alpha value is -1.24. The van der Waals surface area contributed by atoms with Crippen LogP contribution in [0.15, 0.2) is 18.2 Å². The van der Waals surface area contributed by atoms with Crippen LogP contribution in [0.4, 0.5) is 17.6 Å². The first-order chi connectivity index (χ1) is 8.75. The topological polar surface area (TPSA) is 29.1 Å². The van der Waals surface area contributed by atoms with Crippen LogP contribution >= 0.6 is 11.8 Å². The molecule has 0 saturated carbocycles. The minimum absolute atomic E-state index is 0.179. The zero-order valence-electron chi connectivity index (χ0n) is 10.3. The number of hydrogen-bond donors (Lipinski definition) is 1. The number of alkyl halides is 3. The molecule has 1 atom stereocenters. The van der Waals surface area contributed by atoms with Crippen molar-refractivity contribution in [2.75, 3.05) is 12.0 Å². The lowest BCUT2D eigenvalue weighted by Crippen LogP contribution is -2.34. The van der Waals surface area contributed by atoms with Gasteiger partial charge in [-0.15, -0.1) is 0 Å². The first kappa shape index (κ1) is 15.8. The molecule has 1 aromatic rings. The summed E-state index contributed by atoms with van der Waals surface area (Å²) in [5.74, 6) is -1.40. The standard InChI is InChI=1S/C12H13F4NOS/c1-7(6-19-2)17-11(18)8-3-4-10(13)9(5-8)12(14,15)16/h3-5,7H,6H2,1-2H3,(H,17,18). The molecule has 7 heteroatoms. The van der Waals surface area contributed by atoms with Gasteiger partial charge >= 0.3 is 6.18 Å². The van der Waals surface area contributed by atoms with Crippen LogP contribution < -0.4 is 5.32 Å². The summed E-state index contributed by atoms with van der Waals surface area (Å²) in [7, 11) is 0. The quantitative estimate of drug-likeness (QED) is 0.863. The van der Waals surface area contributed by atoms with Gasteiger partial charge in [0.25, 0.3) is 5.91 Å². The highest BCUT2D eigenvalue weighted by Gasteiger charge is 2.34. The number of rotatable bonds is 4. The first-order valence-electron chi connectivity index (χ1n) is 5.42. The van der Waals surface area contributed by atoms with Crippen molar-refractivity contribution < 1.29 is 22.4 Å². The van der Waals surface area contributed by atoms with Gasteiger partial charge in [0, 0.05) is 17.4 Å². The molecule has 19 heavy (non-hydrogen) atoms. The van der Waals surface area contributed by atoms with Crippen molar-refractivity contribution >= 4 is 17.7 Å². The Bertz CT molecular complexity index is 462. The summed E-state index contributed by atoms with van der Waals surface area (Å²) < 4.78 is 50.6. The molecular formula is C12H13F4NOS. The molecule has 1 rings (SSSR count). The SMILES string of the molecule is CSCC(C)NC(=O)c1ccc(F)c(C(F)(F)F)c1. The summed E-state index contributed by atoms with van der Waals surface area (Å²) in [5, 5.41) is 2.55. The van der Waals surface area contributed by atoms with Gasteiger partial charge < -0.3 is 5.32 Å². The van der Waals surface area contributed by atoms with Crippen LogP contribution in [0, 0.1) is 5.82 Å². The third kappa shape index (κ3) is 4.41. The van der Waals surface area contributed by atoms with Crippen LogP contribution in [0.3, 0.4) is 0 Å². The fourth-order valence-electron chi connectivity index (χ4n) is 1.48. The molecule has 0 radical (unpaired) electrons. The number of amides is 1. The summed E-state index contributed by atoms with van der Waals surface area (Å²) in [6.45, 7) is 1.74. The van der Waals surface area contributed by atoms with Gasteiger partial charge in [-0.2, -0.15) is 24.9 Å². The van der Waals surface area contributed by atoms with Gasteiger partial charge in [-0.3, -0.25) is 4.79 Å². The highest BCUT2D eigenvalue weighted by atomic mass is 32.2. The molecule has 0 aliphatic carbocycles. The fourth-order valence-corrected chi connectivity index (χ4v) is 2.07. The van der Waals surface area contributed by atoms with Gasteiger partial charge in [0.05, 0.1) is 5.56 Å². The largest absolute Gasteiger partial charge is 0.419 e. The number of hydrogen-bond acceptors (Lipinski definition) is 2. The van der Waals surface area contributed by atoms with E-state index in [1.165, 1.54) is 11.8 Å². The second-order valence-corrected chi connectivity index (χ2v) is 4.93. The summed E-state index contributed by atoms with van der Waals surface area (Å²) in [6.07, 6.45) is -2.96. The Morgan fingerprint density at radius 2 is 2.05 bits per heavy atom. The maximum absolute atomic E-state index is 13.1. The molecule has 0 fully saturated rings. The number of carbonyl (C=O) groups excluding carboxylic acids is 1. The van der Waals surface area contributed by atoms with E-state index in [4.69, 9.17) is 0 Å². The molecule has 0 aromatic heterocycles. The van der Waals surface area contributed by atoms with E-state index < -0.39 is 23.5 Å². The third-order valence-electron chi connectivity index (χ3n) is 2.33. The average molecular weight is 295 g/mol. The molecule has 2 nitrogen and oxygen atoms in total. The maximum Gasteiger partial charge on any atom is 0.419 e. The van der Waals surface area contributed by atoms with Crippen LogP contribution in [0.2, 0.25) is 0 Å². The zero-order valence-corrected chi connectivity index (χ0v) is 11.2. The van der Waals surface area contributed by atoms with Crippen molar-refractivity contribution in [3.63, 3.8) is 0 Å². The predicted molar refractivity (Wildman–Crippen MR) is 66.7 cm³/mol. The minimum Gasteiger partial charge on any atom is -0.349 e. The van der Waals surface area contributed by atoms with Crippen molar-refractivity contribution in [3.8, 4) is 0 Å². The number of benzene rings is 1. The highest BCUT2D eigenvalue weighted by Crippen LogP contribution is 2.31. The van der Waals surface area contributed by atoms with Gasteiger partial charge in [0.2, 0.25) is 0 Å². The number of carbonyl (C=O) groups is 1. The number of halogens is 4. The molecule has 0 heterocycles. The lowest BCUT2D eigenvalue weighted by atomic mass is 10.1. The number of nitrogens with one attached hydrogen (secondary N) is 1. The minimum atomic E-state index is -4.81. The van der Waals surface area contributed by atoms with Crippen molar-refractivity contribution in [1.82, 2.24) is 5.32 Å². The molecule has 1 N–H and O–H groups in total. The van der Waals surface area contributed by atoms with Crippen LogP contribution in [0.25, 0.3) is 0 Å². The fraction of sp³-hybridized carbons (Fsp3) is 0.417.